The summed E-state index contributed by atoms with van der Waals surface area (Å²) < 4.78 is 18.3. The van der Waals surface area contributed by atoms with Crippen LogP contribution in [-0.2, 0) is 15.7 Å². The van der Waals surface area contributed by atoms with E-state index in [9.17, 15) is 5.11 Å². The second-order valence-corrected chi connectivity index (χ2v) is 8.59. The lowest BCUT2D eigenvalue weighted by Gasteiger charge is -2.32. The third kappa shape index (κ3) is 3.40. The largest absolute Gasteiger partial charge is 0.494 e. The Kier molecular flexibility index (Phi) is 4.57. The van der Waals surface area contributed by atoms with Gasteiger partial charge in [0.15, 0.2) is 0 Å². The van der Waals surface area contributed by atoms with Crippen LogP contribution >= 0.6 is 0 Å². The molecule has 2 atom stereocenters. The van der Waals surface area contributed by atoms with Crippen molar-refractivity contribution < 1.29 is 19.2 Å². The van der Waals surface area contributed by atoms with Gasteiger partial charge >= 0.3 is 7.12 Å². The van der Waals surface area contributed by atoms with Crippen LogP contribution in [-0.4, -0.2) is 30.0 Å². The number of aliphatic hydroxyl groups is 1. The highest BCUT2D eigenvalue weighted by atomic mass is 16.7. The van der Waals surface area contributed by atoms with E-state index in [4.69, 9.17) is 14.0 Å². The van der Waals surface area contributed by atoms with E-state index in [1.54, 1.807) is 0 Å². The number of benzene rings is 2. The Morgan fingerprint density at radius 1 is 1.00 bits per heavy atom. The second kappa shape index (κ2) is 6.66. The van der Waals surface area contributed by atoms with Crippen molar-refractivity contribution in [2.45, 2.75) is 51.4 Å². The lowest BCUT2D eigenvalue weighted by Crippen LogP contribution is -2.41. The molecule has 1 saturated heterocycles. The standard InChI is InChI=1S/C22H27BO4/c1-21(2)22(3,4)27-23(26-21)17-10-11-18-19(13-17)25-14-16(20(18)24)12-15-8-6-5-7-9-15/h5-11,13,16,20,24H,12,14H2,1-4H3/t16-,20+/m0/s1. The van der Waals surface area contributed by atoms with Gasteiger partial charge in [-0.25, -0.2) is 0 Å². The molecule has 1 N–H and O–H groups in total. The molecular weight excluding hydrogens is 339 g/mol. The summed E-state index contributed by atoms with van der Waals surface area (Å²) in [5, 5.41) is 10.9. The van der Waals surface area contributed by atoms with Crippen LogP contribution in [0.2, 0.25) is 0 Å². The molecule has 142 valence electrons. The quantitative estimate of drug-likeness (QED) is 0.848. The van der Waals surface area contributed by atoms with Crippen LogP contribution in [0.5, 0.6) is 5.75 Å². The van der Waals surface area contributed by atoms with Crippen molar-refractivity contribution in [1.82, 2.24) is 0 Å². The SMILES string of the molecule is CC1(C)OB(c2ccc3c(c2)OC[C@H](Cc2ccccc2)[C@H]3O)OC1(C)C. The van der Waals surface area contributed by atoms with E-state index in [1.807, 2.05) is 64.1 Å². The maximum absolute atomic E-state index is 10.9. The third-order valence-electron chi connectivity index (χ3n) is 6.12. The normalized spacial score (nSPS) is 25.7. The molecule has 0 aliphatic carbocycles. The fourth-order valence-corrected chi connectivity index (χ4v) is 3.68. The summed E-state index contributed by atoms with van der Waals surface area (Å²) in [5.41, 5.74) is 2.20. The van der Waals surface area contributed by atoms with Crippen molar-refractivity contribution in [3.8, 4) is 5.75 Å². The van der Waals surface area contributed by atoms with Crippen LogP contribution in [0.15, 0.2) is 48.5 Å². The average molecular weight is 366 g/mol. The van der Waals surface area contributed by atoms with Crippen molar-refractivity contribution in [3.63, 3.8) is 0 Å². The van der Waals surface area contributed by atoms with Gasteiger partial charge in [-0.05, 0) is 51.2 Å². The average Bonchev–Trinajstić information content (AvgIpc) is 2.86. The zero-order chi connectivity index (χ0) is 19.2. The van der Waals surface area contributed by atoms with Crippen molar-refractivity contribution in [2.24, 2.45) is 5.92 Å². The van der Waals surface area contributed by atoms with E-state index in [0.717, 1.165) is 23.2 Å². The third-order valence-corrected chi connectivity index (χ3v) is 6.12. The van der Waals surface area contributed by atoms with Crippen molar-refractivity contribution >= 4 is 12.6 Å². The number of ether oxygens (including phenoxy) is 1. The summed E-state index contributed by atoms with van der Waals surface area (Å²) in [6, 6.07) is 16.1. The molecule has 2 aromatic carbocycles. The van der Waals surface area contributed by atoms with E-state index >= 15 is 0 Å². The minimum Gasteiger partial charge on any atom is -0.493 e. The molecule has 4 nitrogen and oxygen atoms in total. The molecule has 27 heavy (non-hydrogen) atoms. The highest BCUT2D eigenvalue weighted by Gasteiger charge is 2.52. The van der Waals surface area contributed by atoms with Crippen LogP contribution in [0.25, 0.3) is 0 Å². The number of aliphatic hydroxyl groups excluding tert-OH is 1. The highest BCUT2D eigenvalue weighted by Crippen LogP contribution is 2.39. The van der Waals surface area contributed by atoms with Crippen molar-refractivity contribution in [3.05, 3.63) is 59.7 Å². The summed E-state index contributed by atoms with van der Waals surface area (Å²) in [4.78, 5) is 0. The van der Waals surface area contributed by atoms with E-state index in [2.05, 4.69) is 12.1 Å². The second-order valence-electron chi connectivity index (χ2n) is 8.59. The fraction of sp³-hybridized carbons (Fsp3) is 0.455. The minimum atomic E-state index is -0.540. The van der Waals surface area contributed by atoms with Crippen molar-refractivity contribution in [1.29, 1.82) is 0 Å². The maximum Gasteiger partial charge on any atom is 0.494 e. The van der Waals surface area contributed by atoms with Gasteiger partial charge < -0.3 is 19.2 Å². The molecule has 0 bridgehead atoms. The van der Waals surface area contributed by atoms with Crippen molar-refractivity contribution in [2.75, 3.05) is 6.61 Å². The summed E-state index contributed by atoms with van der Waals surface area (Å²) >= 11 is 0. The molecule has 0 radical (unpaired) electrons. The Bertz CT molecular complexity index is 802. The van der Waals surface area contributed by atoms with E-state index in [1.165, 1.54) is 5.56 Å². The van der Waals surface area contributed by atoms with E-state index < -0.39 is 13.2 Å². The van der Waals surface area contributed by atoms with Crippen LogP contribution in [0, 0.1) is 5.92 Å². The number of fused-ring (bicyclic) bond motifs is 1. The molecule has 0 amide bonds. The first-order chi connectivity index (χ1) is 12.8. The van der Waals surface area contributed by atoms with Gasteiger partial charge in [-0.3, -0.25) is 0 Å². The molecule has 0 aromatic heterocycles. The molecule has 2 heterocycles. The molecule has 4 rings (SSSR count). The minimum absolute atomic E-state index is 0.0441. The molecule has 1 fully saturated rings. The molecule has 0 saturated carbocycles. The van der Waals surface area contributed by atoms with Gasteiger partial charge in [-0.2, -0.15) is 0 Å². The number of rotatable bonds is 3. The van der Waals surface area contributed by atoms with Gasteiger partial charge in [0, 0.05) is 11.5 Å². The molecule has 2 aliphatic heterocycles. The highest BCUT2D eigenvalue weighted by molar-refractivity contribution is 6.62. The predicted octanol–water partition coefficient (Wildman–Crippen LogP) is 3.27. The molecule has 2 aromatic rings. The van der Waals surface area contributed by atoms with Gasteiger partial charge in [0.25, 0.3) is 0 Å². The Morgan fingerprint density at radius 3 is 2.33 bits per heavy atom. The van der Waals surface area contributed by atoms with Gasteiger partial charge in [-0.1, -0.05) is 42.5 Å². The Morgan fingerprint density at radius 2 is 1.67 bits per heavy atom. The number of hydrogen-bond acceptors (Lipinski definition) is 4. The Hall–Kier alpha value is -1.82. The smallest absolute Gasteiger partial charge is 0.493 e. The van der Waals surface area contributed by atoms with Crippen LogP contribution in [0.4, 0.5) is 0 Å². The maximum atomic E-state index is 10.9. The topological polar surface area (TPSA) is 47.9 Å². The Labute approximate surface area is 161 Å². The first kappa shape index (κ1) is 18.5. The van der Waals surface area contributed by atoms with Gasteiger partial charge in [0.1, 0.15) is 5.75 Å². The predicted molar refractivity (Wildman–Crippen MR) is 106 cm³/mol. The van der Waals surface area contributed by atoms with Crippen LogP contribution < -0.4 is 10.2 Å². The lowest BCUT2D eigenvalue weighted by molar-refractivity contribution is 0.00578. The monoisotopic (exact) mass is 366 g/mol. The Balaban J connectivity index is 1.53. The van der Waals surface area contributed by atoms with E-state index in [0.29, 0.717) is 6.61 Å². The summed E-state index contributed by atoms with van der Waals surface area (Å²) in [6.45, 7) is 8.66. The zero-order valence-corrected chi connectivity index (χ0v) is 16.4. The molecule has 2 aliphatic rings. The van der Waals surface area contributed by atoms with Gasteiger partial charge in [-0.15, -0.1) is 0 Å². The first-order valence-electron chi connectivity index (χ1n) is 9.61. The summed E-state index contributed by atoms with van der Waals surface area (Å²) in [5.74, 6) is 0.765. The molecule has 0 spiro atoms. The zero-order valence-electron chi connectivity index (χ0n) is 16.4. The summed E-state index contributed by atoms with van der Waals surface area (Å²) in [7, 11) is -0.428. The van der Waals surface area contributed by atoms with Crippen LogP contribution in [0.3, 0.4) is 0 Å². The summed E-state index contributed by atoms with van der Waals surface area (Å²) in [6.07, 6.45) is 0.252. The van der Waals surface area contributed by atoms with Gasteiger partial charge in [0.05, 0.1) is 23.9 Å². The fourth-order valence-electron chi connectivity index (χ4n) is 3.68. The lowest BCUT2D eigenvalue weighted by atomic mass is 9.77. The molecular formula is C22H27BO4. The van der Waals surface area contributed by atoms with Gasteiger partial charge in [0.2, 0.25) is 0 Å². The number of hydrogen-bond donors (Lipinski definition) is 1. The first-order valence-corrected chi connectivity index (χ1v) is 9.61. The molecule has 5 heteroatoms. The van der Waals surface area contributed by atoms with Crippen LogP contribution in [0.1, 0.15) is 44.9 Å². The van der Waals surface area contributed by atoms with E-state index in [-0.39, 0.29) is 17.1 Å². The molecule has 0 unspecified atom stereocenters.